The Hall–Kier alpha value is -2.56. The zero-order valence-electron chi connectivity index (χ0n) is 19.9. The molecular weight excluding hydrogens is 386 g/mol. The van der Waals surface area contributed by atoms with Crippen molar-refractivity contribution in [2.45, 2.75) is 67.0 Å². The number of rotatable bonds is 12. The van der Waals surface area contributed by atoms with Crippen molar-refractivity contribution in [2.75, 3.05) is 19.6 Å². The van der Waals surface area contributed by atoms with Gasteiger partial charge in [-0.05, 0) is 43.4 Å². The minimum atomic E-state index is -0.0349. The summed E-state index contributed by atoms with van der Waals surface area (Å²) in [6.07, 6.45) is 4.96. The van der Waals surface area contributed by atoms with E-state index in [4.69, 9.17) is 0 Å². The quantitative estimate of drug-likeness (QED) is 0.487. The Morgan fingerprint density at radius 2 is 1.84 bits per heavy atom. The molecular formula is C26H39N3O2. The highest BCUT2D eigenvalue weighted by Gasteiger charge is 2.20. The van der Waals surface area contributed by atoms with Crippen LogP contribution in [0.3, 0.4) is 0 Å². The molecule has 0 aliphatic rings. The Kier molecular flexibility index (Phi) is 9.83. The maximum atomic E-state index is 13.2. The average molecular weight is 426 g/mol. The zero-order valence-corrected chi connectivity index (χ0v) is 19.9. The lowest BCUT2D eigenvalue weighted by atomic mass is 10.1. The standard InChI is InChI=1S/C26H39N3O2/c1-6-7-14-29(26(31)20-27(23(5)30)16-13-21(2)3)19-25-12-9-15-28(25)18-24-11-8-10-22(4)17-24/h8-12,15,17,21H,6-7,13-14,16,18-20H2,1-5H3. The normalized spacial score (nSPS) is 11.0. The van der Waals surface area contributed by atoms with Gasteiger partial charge in [0.25, 0.3) is 0 Å². The molecule has 0 spiro atoms. The molecule has 1 aromatic heterocycles. The topological polar surface area (TPSA) is 45.6 Å². The number of hydrogen-bond acceptors (Lipinski definition) is 2. The highest BCUT2D eigenvalue weighted by atomic mass is 16.2. The van der Waals surface area contributed by atoms with E-state index in [0.717, 1.165) is 31.5 Å². The molecule has 0 bridgehead atoms. The van der Waals surface area contributed by atoms with Crippen LogP contribution in [0.5, 0.6) is 0 Å². The van der Waals surface area contributed by atoms with Gasteiger partial charge in [-0.3, -0.25) is 9.59 Å². The highest BCUT2D eigenvalue weighted by Crippen LogP contribution is 2.13. The molecule has 0 saturated carbocycles. The van der Waals surface area contributed by atoms with Crippen molar-refractivity contribution >= 4 is 11.8 Å². The van der Waals surface area contributed by atoms with Crippen LogP contribution in [0.2, 0.25) is 0 Å². The zero-order chi connectivity index (χ0) is 22.8. The second-order valence-electron chi connectivity index (χ2n) is 8.91. The summed E-state index contributed by atoms with van der Waals surface area (Å²) in [4.78, 5) is 28.9. The maximum absolute atomic E-state index is 13.2. The number of unbranched alkanes of at least 4 members (excludes halogenated alkanes) is 1. The van der Waals surface area contributed by atoms with E-state index in [9.17, 15) is 9.59 Å². The van der Waals surface area contributed by atoms with Crippen molar-refractivity contribution in [3.05, 3.63) is 59.4 Å². The van der Waals surface area contributed by atoms with Gasteiger partial charge in [0.05, 0.1) is 13.1 Å². The molecule has 2 rings (SSSR count). The molecule has 2 amide bonds. The second kappa shape index (κ2) is 12.3. The summed E-state index contributed by atoms with van der Waals surface area (Å²) in [5.41, 5.74) is 3.61. The van der Waals surface area contributed by atoms with Crippen LogP contribution >= 0.6 is 0 Å². The fourth-order valence-electron chi connectivity index (χ4n) is 3.62. The molecule has 5 nitrogen and oxygen atoms in total. The molecule has 0 saturated heterocycles. The SMILES string of the molecule is CCCCN(Cc1cccn1Cc1cccc(C)c1)C(=O)CN(CCC(C)C)C(C)=O. The average Bonchev–Trinajstić information content (AvgIpc) is 3.14. The first-order chi connectivity index (χ1) is 14.8. The lowest BCUT2D eigenvalue weighted by molar-refractivity contribution is -0.140. The van der Waals surface area contributed by atoms with Gasteiger partial charge in [-0.2, -0.15) is 0 Å². The van der Waals surface area contributed by atoms with Crippen LogP contribution in [0.25, 0.3) is 0 Å². The van der Waals surface area contributed by atoms with E-state index in [1.165, 1.54) is 11.1 Å². The number of carbonyl (C=O) groups is 2. The molecule has 1 heterocycles. The van der Waals surface area contributed by atoms with Gasteiger partial charge in [0.15, 0.2) is 0 Å². The van der Waals surface area contributed by atoms with Crippen molar-refractivity contribution in [3.63, 3.8) is 0 Å². The fraction of sp³-hybridized carbons (Fsp3) is 0.538. The minimum Gasteiger partial charge on any atom is -0.345 e. The molecule has 1 aromatic carbocycles. The number of benzene rings is 1. The molecule has 170 valence electrons. The van der Waals surface area contributed by atoms with Crippen molar-refractivity contribution in [1.82, 2.24) is 14.4 Å². The smallest absolute Gasteiger partial charge is 0.242 e. The van der Waals surface area contributed by atoms with Crippen LogP contribution in [0.15, 0.2) is 42.6 Å². The van der Waals surface area contributed by atoms with E-state index in [1.54, 1.807) is 11.8 Å². The molecule has 2 aromatic rings. The van der Waals surface area contributed by atoms with Crippen LogP contribution in [-0.4, -0.2) is 45.8 Å². The summed E-state index contributed by atoms with van der Waals surface area (Å²) in [5, 5.41) is 0. The molecule has 0 radical (unpaired) electrons. The van der Waals surface area contributed by atoms with Crippen LogP contribution < -0.4 is 0 Å². The van der Waals surface area contributed by atoms with E-state index >= 15 is 0 Å². The second-order valence-corrected chi connectivity index (χ2v) is 8.91. The van der Waals surface area contributed by atoms with Crippen LogP contribution in [0.4, 0.5) is 0 Å². The van der Waals surface area contributed by atoms with Crippen LogP contribution in [0.1, 0.15) is 63.8 Å². The maximum Gasteiger partial charge on any atom is 0.242 e. The van der Waals surface area contributed by atoms with E-state index in [2.05, 4.69) is 68.8 Å². The van der Waals surface area contributed by atoms with Gasteiger partial charge in [0.2, 0.25) is 11.8 Å². The number of carbonyl (C=O) groups excluding carboxylic acids is 2. The Balaban J connectivity index is 2.11. The lowest BCUT2D eigenvalue weighted by Gasteiger charge is -2.28. The van der Waals surface area contributed by atoms with E-state index in [1.807, 2.05) is 11.0 Å². The van der Waals surface area contributed by atoms with Gasteiger partial charge in [-0.1, -0.05) is 57.0 Å². The Bertz CT molecular complexity index is 841. The number of aromatic nitrogens is 1. The van der Waals surface area contributed by atoms with Gasteiger partial charge < -0.3 is 14.4 Å². The fourth-order valence-corrected chi connectivity index (χ4v) is 3.62. The predicted molar refractivity (Wildman–Crippen MR) is 127 cm³/mol. The van der Waals surface area contributed by atoms with E-state index in [-0.39, 0.29) is 18.4 Å². The molecule has 0 fully saturated rings. The number of nitrogens with zero attached hydrogens (tertiary/aromatic N) is 3. The Morgan fingerprint density at radius 3 is 2.48 bits per heavy atom. The Morgan fingerprint density at radius 1 is 1.06 bits per heavy atom. The first kappa shape index (κ1) is 24.7. The summed E-state index contributed by atoms with van der Waals surface area (Å²) >= 11 is 0. The molecule has 31 heavy (non-hydrogen) atoms. The summed E-state index contributed by atoms with van der Waals surface area (Å²) in [6, 6.07) is 12.6. The van der Waals surface area contributed by atoms with Crippen LogP contribution in [-0.2, 0) is 22.7 Å². The third-order valence-electron chi connectivity index (χ3n) is 5.59. The first-order valence-electron chi connectivity index (χ1n) is 11.5. The van der Waals surface area contributed by atoms with Gasteiger partial charge in [0, 0.05) is 38.4 Å². The molecule has 0 N–H and O–H groups in total. The molecule has 0 atom stereocenters. The molecule has 5 heteroatoms. The van der Waals surface area contributed by atoms with Gasteiger partial charge >= 0.3 is 0 Å². The highest BCUT2D eigenvalue weighted by molar-refractivity contribution is 5.83. The molecule has 0 aliphatic heterocycles. The van der Waals surface area contributed by atoms with E-state index in [0.29, 0.717) is 25.6 Å². The number of hydrogen-bond donors (Lipinski definition) is 0. The molecule has 0 aliphatic carbocycles. The van der Waals surface area contributed by atoms with Gasteiger partial charge in [0.1, 0.15) is 0 Å². The summed E-state index contributed by atoms with van der Waals surface area (Å²) in [6.45, 7) is 12.9. The van der Waals surface area contributed by atoms with Crippen molar-refractivity contribution in [1.29, 1.82) is 0 Å². The Labute approximate surface area is 188 Å². The van der Waals surface area contributed by atoms with Gasteiger partial charge in [-0.25, -0.2) is 0 Å². The monoisotopic (exact) mass is 425 g/mol. The third kappa shape index (κ3) is 8.23. The van der Waals surface area contributed by atoms with Gasteiger partial charge in [-0.15, -0.1) is 0 Å². The van der Waals surface area contributed by atoms with Crippen LogP contribution in [0, 0.1) is 12.8 Å². The number of aryl methyl sites for hydroxylation is 1. The lowest BCUT2D eigenvalue weighted by Crippen LogP contribution is -2.43. The van der Waals surface area contributed by atoms with Crippen molar-refractivity contribution in [2.24, 2.45) is 5.92 Å². The third-order valence-corrected chi connectivity index (χ3v) is 5.59. The summed E-state index contributed by atoms with van der Waals surface area (Å²) in [5.74, 6) is 0.487. The minimum absolute atomic E-state index is 0.0238. The van der Waals surface area contributed by atoms with Crippen molar-refractivity contribution in [3.8, 4) is 0 Å². The van der Waals surface area contributed by atoms with Crippen molar-refractivity contribution < 1.29 is 9.59 Å². The largest absolute Gasteiger partial charge is 0.345 e. The summed E-state index contributed by atoms with van der Waals surface area (Å²) in [7, 11) is 0. The predicted octanol–water partition coefficient (Wildman–Crippen LogP) is 4.87. The first-order valence-corrected chi connectivity index (χ1v) is 11.5. The molecule has 0 unspecified atom stereocenters. The summed E-state index contributed by atoms with van der Waals surface area (Å²) < 4.78 is 2.21. The number of amides is 2. The van der Waals surface area contributed by atoms with E-state index < -0.39 is 0 Å².